The molecule has 0 aliphatic carbocycles. The highest BCUT2D eigenvalue weighted by molar-refractivity contribution is 6.27. The van der Waals surface area contributed by atoms with Crippen LogP contribution in [0, 0.1) is 10.1 Å². The van der Waals surface area contributed by atoms with Crippen LogP contribution in [0.4, 0.5) is 5.69 Å². The minimum absolute atomic E-state index is 0.0460. The summed E-state index contributed by atoms with van der Waals surface area (Å²) in [5.41, 5.74) is 0.857. The molecule has 0 atom stereocenters. The van der Waals surface area contributed by atoms with E-state index in [1.54, 1.807) is 18.2 Å². The van der Waals surface area contributed by atoms with Gasteiger partial charge in [-0.25, -0.2) is 4.79 Å². The van der Waals surface area contributed by atoms with Gasteiger partial charge in [-0.1, -0.05) is 31.2 Å². The molecule has 0 saturated heterocycles. The maximum atomic E-state index is 13.0. The van der Waals surface area contributed by atoms with Gasteiger partial charge in [0.15, 0.2) is 0 Å². The quantitative estimate of drug-likeness (QED) is 0.388. The monoisotopic (exact) mass is 404 g/mol. The minimum Gasteiger partial charge on any atom is -0.478 e. The first-order chi connectivity index (χ1) is 14.3. The van der Waals surface area contributed by atoms with Crippen LogP contribution in [0.2, 0.25) is 0 Å². The number of amides is 2. The Morgan fingerprint density at radius 2 is 1.73 bits per heavy atom. The van der Waals surface area contributed by atoms with Crippen molar-refractivity contribution in [2.24, 2.45) is 0 Å². The second-order valence-corrected chi connectivity index (χ2v) is 6.95. The van der Waals surface area contributed by atoms with Crippen LogP contribution in [0.5, 0.6) is 0 Å². The van der Waals surface area contributed by atoms with Gasteiger partial charge in [-0.15, -0.1) is 0 Å². The molecule has 2 amide bonds. The van der Waals surface area contributed by atoms with Crippen LogP contribution < -0.4 is 0 Å². The predicted octanol–water partition coefficient (Wildman–Crippen LogP) is 4.12. The summed E-state index contributed by atoms with van der Waals surface area (Å²) < 4.78 is 0. The van der Waals surface area contributed by atoms with Gasteiger partial charge in [0.2, 0.25) is 0 Å². The Morgan fingerprint density at radius 1 is 1.07 bits per heavy atom. The molecule has 4 rings (SSSR count). The highest BCUT2D eigenvalue weighted by Gasteiger charge is 2.35. The summed E-state index contributed by atoms with van der Waals surface area (Å²) in [6.07, 6.45) is 0.568. The van der Waals surface area contributed by atoms with Gasteiger partial charge in [-0.3, -0.25) is 24.6 Å². The number of aromatic carboxylic acids is 1. The van der Waals surface area contributed by atoms with Crippen molar-refractivity contribution in [1.82, 2.24) is 4.90 Å². The van der Waals surface area contributed by atoms with E-state index in [2.05, 4.69) is 0 Å². The van der Waals surface area contributed by atoms with E-state index < -0.39 is 22.7 Å². The van der Waals surface area contributed by atoms with Crippen LogP contribution in [0.15, 0.2) is 48.5 Å². The minimum atomic E-state index is -1.11. The molecule has 8 heteroatoms. The van der Waals surface area contributed by atoms with Crippen LogP contribution in [0.3, 0.4) is 0 Å². The number of imide groups is 1. The molecule has 0 radical (unpaired) electrons. The number of hydrogen-bond donors (Lipinski definition) is 1. The topological polar surface area (TPSA) is 118 Å². The first kappa shape index (κ1) is 19.3. The van der Waals surface area contributed by atoms with Crippen LogP contribution >= 0.6 is 0 Å². The van der Waals surface area contributed by atoms with E-state index in [1.165, 1.54) is 30.3 Å². The number of hydrogen-bond acceptors (Lipinski definition) is 5. The van der Waals surface area contributed by atoms with Crippen LogP contribution in [-0.4, -0.2) is 39.3 Å². The summed E-state index contributed by atoms with van der Waals surface area (Å²) in [4.78, 5) is 49.4. The van der Waals surface area contributed by atoms with Gasteiger partial charge >= 0.3 is 5.97 Å². The maximum absolute atomic E-state index is 13.0. The van der Waals surface area contributed by atoms with Crippen molar-refractivity contribution in [2.45, 2.75) is 13.3 Å². The number of nitro benzene ring substituents is 1. The third-order valence-electron chi connectivity index (χ3n) is 5.16. The van der Waals surface area contributed by atoms with E-state index in [0.717, 1.165) is 4.90 Å². The second-order valence-electron chi connectivity index (χ2n) is 6.95. The SMILES string of the molecule is CCCN1C(=O)c2cccc3c(-c4ccc(C(=O)O)cc4)c([N+](=O)[O-])cc(c23)C1=O. The van der Waals surface area contributed by atoms with Crippen molar-refractivity contribution in [3.05, 3.63) is 75.3 Å². The molecular weight excluding hydrogens is 388 g/mol. The van der Waals surface area contributed by atoms with Crippen LogP contribution in [-0.2, 0) is 0 Å². The van der Waals surface area contributed by atoms with Crippen LogP contribution in [0.25, 0.3) is 21.9 Å². The zero-order valence-corrected chi connectivity index (χ0v) is 15.9. The fraction of sp³-hybridized carbons (Fsp3) is 0.136. The normalized spacial score (nSPS) is 13.0. The summed E-state index contributed by atoms with van der Waals surface area (Å²) in [5.74, 6) is -2.09. The summed E-state index contributed by atoms with van der Waals surface area (Å²) >= 11 is 0. The van der Waals surface area contributed by atoms with Gasteiger partial charge in [0, 0.05) is 23.6 Å². The van der Waals surface area contributed by atoms with E-state index in [4.69, 9.17) is 5.11 Å². The lowest BCUT2D eigenvalue weighted by atomic mass is 9.87. The molecule has 3 aromatic carbocycles. The Bertz CT molecular complexity index is 1250. The van der Waals surface area contributed by atoms with Crippen LogP contribution in [0.1, 0.15) is 44.4 Å². The fourth-order valence-electron chi connectivity index (χ4n) is 3.85. The molecule has 0 aromatic heterocycles. The number of carboxylic acids is 1. The average Bonchev–Trinajstić information content (AvgIpc) is 2.74. The Morgan fingerprint density at radius 3 is 2.33 bits per heavy atom. The molecule has 0 bridgehead atoms. The Kier molecular flexibility index (Phi) is 4.54. The standard InChI is InChI=1S/C22H16N2O6/c1-2-10-23-20(25)15-5-3-4-14-18(12-6-8-13(9-7-12)22(27)28)17(24(29)30)11-16(19(14)15)21(23)26/h3-9,11H,2,10H2,1H3,(H,27,28). The van der Waals surface area contributed by atoms with Gasteiger partial charge in [-0.05, 0) is 35.6 Å². The fourth-order valence-corrected chi connectivity index (χ4v) is 3.85. The molecule has 1 aliphatic rings. The van der Waals surface area contributed by atoms with Crippen molar-refractivity contribution >= 4 is 34.2 Å². The number of carbonyl (C=O) groups excluding carboxylic acids is 2. The number of carboxylic acid groups (broad SMARTS) is 1. The number of rotatable bonds is 5. The average molecular weight is 404 g/mol. The zero-order valence-electron chi connectivity index (χ0n) is 15.9. The zero-order chi connectivity index (χ0) is 21.6. The molecule has 1 N–H and O–H groups in total. The summed E-state index contributed by atoms with van der Waals surface area (Å²) in [6, 6.07) is 11.7. The molecular formula is C22H16N2O6. The lowest BCUT2D eigenvalue weighted by molar-refractivity contribution is -0.384. The van der Waals surface area contributed by atoms with Crippen molar-refractivity contribution < 1.29 is 24.4 Å². The van der Waals surface area contributed by atoms with E-state index in [0.29, 0.717) is 28.3 Å². The van der Waals surface area contributed by atoms with Gasteiger partial charge in [0.05, 0.1) is 21.6 Å². The Labute approximate surface area is 170 Å². The summed E-state index contributed by atoms with van der Waals surface area (Å²) in [5, 5.41) is 21.8. The maximum Gasteiger partial charge on any atom is 0.335 e. The Balaban J connectivity index is 2.06. The summed E-state index contributed by atoms with van der Waals surface area (Å²) in [6.45, 7) is 2.06. The molecule has 0 fully saturated rings. The molecule has 8 nitrogen and oxygen atoms in total. The van der Waals surface area contributed by atoms with Gasteiger partial charge in [0.1, 0.15) is 0 Å². The number of nitro groups is 1. The molecule has 0 unspecified atom stereocenters. The lowest BCUT2D eigenvalue weighted by Gasteiger charge is -2.27. The van der Waals surface area contributed by atoms with Crippen molar-refractivity contribution in [1.29, 1.82) is 0 Å². The molecule has 30 heavy (non-hydrogen) atoms. The molecule has 1 heterocycles. The van der Waals surface area contributed by atoms with E-state index >= 15 is 0 Å². The number of carbonyl (C=O) groups is 3. The van der Waals surface area contributed by atoms with Crippen molar-refractivity contribution in [3.63, 3.8) is 0 Å². The first-order valence-corrected chi connectivity index (χ1v) is 9.29. The largest absolute Gasteiger partial charge is 0.478 e. The molecule has 1 aliphatic heterocycles. The Hall–Kier alpha value is -4.07. The number of benzene rings is 3. The third-order valence-corrected chi connectivity index (χ3v) is 5.16. The van der Waals surface area contributed by atoms with Gasteiger partial charge < -0.3 is 5.11 Å². The highest BCUT2D eigenvalue weighted by atomic mass is 16.6. The number of nitrogens with zero attached hydrogens (tertiary/aromatic N) is 2. The first-order valence-electron chi connectivity index (χ1n) is 9.29. The smallest absolute Gasteiger partial charge is 0.335 e. The highest BCUT2D eigenvalue weighted by Crippen LogP contribution is 2.42. The summed E-state index contributed by atoms with van der Waals surface area (Å²) in [7, 11) is 0. The van der Waals surface area contributed by atoms with Crippen molar-refractivity contribution in [2.75, 3.05) is 6.54 Å². The van der Waals surface area contributed by atoms with Gasteiger partial charge in [0.25, 0.3) is 17.5 Å². The predicted molar refractivity (Wildman–Crippen MR) is 109 cm³/mol. The van der Waals surface area contributed by atoms with E-state index in [1.807, 2.05) is 6.92 Å². The third kappa shape index (κ3) is 2.81. The molecule has 0 saturated carbocycles. The second kappa shape index (κ2) is 7.07. The molecule has 150 valence electrons. The molecule has 0 spiro atoms. The lowest BCUT2D eigenvalue weighted by Crippen LogP contribution is -2.40. The van der Waals surface area contributed by atoms with E-state index in [-0.39, 0.29) is 28.9 Å². The van der Waals surface area contributed by atoms with Crippen molar-refractivity contribution in [3.8, 4) is 11.1 Å². The van der Waals surface area contributed by atoms with E-state index in [9.17, 15) is 24.5 Å². The molecule has 3 aromatic rings. The van der Waals surface area contributed by atoms with Gasteiger partial charge in [-0.2, -0.15) is 0 Å².